The lowest BCUT2D eigenvalue weighted by atomic mass is 10.1. The molecule has 0 spiro atoms. The Labute approximate surface area is 103 Å². The number of nitrogens with one attached hydrogen (secondary N) is 2. The van der Waals surface area contributed by atoms with Crippen molar-refractivity contribution in [3.05, 3.63) is 40.3 Å². The SMILES string of the molecule is NCCCNC(=O)c1n[nH]c(=O)c2ccccc12. The van der Waals surface area contributed by atoms with Gasteiger partial charge in [-0.2, -0.15) is 5.10 Å². The number of nitrogens with zero attached hydrogens (tertiary/aromatic N) is 1. The molecule has 1 aromatic carbocycles. The lowest BCUT2D eigenvalue weighted by Crippen LogP contribution is -2.28. The van der Waals surface area contributed by atoms with Crippen molar-refractivity contribution >= 4 is 16.7 Å². The van der Waals surface area contributed by atoms with Gasteiger partial charge in [-0.1, -0.05) is 18.2 Å². The van der Waals surface area contributed by atoms with Gasteiger partial charge in [0.2, 0.25) is 0 Å². The minimum atomic E-state index is -0.309. The number of fused-ring (bicyclic) bond motifs is 1. The summed E-state index contributed by atoms with van der Waals surface area (Å²) in [5.41, 5.74) is 5.27. The summed E-state index contributed by atoms with van der Waals surface area (Å²) in [5, 5.41) is 9.84. The fraction of sp³-hybridized carbons (Fsp3) is 0.250. The molecule has 0 fully saturated rings. The smallest absolute Gasteiger partial charge is 0.272 e. The van der Waals surface area contributed by atoms with Crippen LogP contribution >= 0.6 is 0 Å². The number of benzene rings is 1. The largest absolute Gasteiger partial charge is 0.351 e. The molecule has 0 saturated carbocycles. The average Bonchev–Trinajstić information content (AvgIpc) is 2.39. The predicted molar refractivity (Wildman–Crippen MR) is 68.4 cm³/mol. The molecule has 0 aliphatic carbocycles. The lowest BCUT2D eigenvalue weighted by molar-refractivity contribution is 0.0949. The fourth-order valence-electron chi connectivity index (χ4n) is 1.68. The van der Waals surface area contributed by atoms with E-state index in [1.54, 1.807) is 24.3 Å². The number of carbonyl (C=O) groups is 1. The van der Waals surface area contributed by atoms with E-state index in [-0.39, 0.29) is 17.2 Å². The third-order valence-corrected chi connectivity index (χ3v) is 2.58. The van der Waals surface area contributed by atoms with Crippen LogP contribution in [0.4, 0.5) is 0 Å². The van der Waals surface area contributed by atoms with Crippen molar-refractivity contribution in [2.75, 3.05) is 13.1 Å². The second-order valence-corrected chi connectivity index (χ2v) is 3.85. The highest BCUT2D eigenvalue weighted by atomic mass is 16.2. The minimum Gasteiger partial charge on any atom is -0.351 e. The molecule has 0 aliphatic heterocycles. The Bertz CT molecular complexity index is 621. The number of rotatable bonds is 4. The number of aromatic nitrogens is 2. The zero-order valence-corrected chi connectivity index (χ0v) is 9.77. The van der Waals surface area contributed by atoms with Gasteiger partial charge >= 0.3 is 0 Å². The van der Waals surface area contributed by atoms with Crippen molar-refractivity contribution in [3.8, 4) is 0 Å². The second-order valence-electron chi connectivity index (χ2n) is 3.85. The maximum absolute atomic E-state index is 11.9. The molecule has 1 amide bonds. The van der Waals surface area contributed by atoms with E-state index in [0.717, 1.165) is 0 Å². The molecule has 6 nitrogen and oxygen atoms in total. The summed E-state index contributed by atoms with van der Waals surface area (Å²) in [6, 6.07) is 6.87. The first-order valence-electron chi connectivity index (χ1n) is 5.69. The Balaban J connectivity index is 2.36. The molecule has 0 aliphatic rings. The molecule has 94 valence electrons. The number of nitrogens with two attached hydrogens (primary N) is 1. The molecule has 1 aromatic heterocycles. The standard InChI is InChI=1S/C12H14N4O2/c13-6-3-7-14-12(18)10-8-4-1-2-5-9(8)11(17)16-15-10/h1-2,4-5H,3,6-7,13H2,(H,14,18)(H,16,17). The average molecular weight is 246 g/mol. The summed E-state index contributed by atoms with van der Waals surface area (Å²) < 4.78 is 0. The third kappa shape index (κ3) is 2.38. The predicted octanol–water partition coefficient (Wildman–Crippen LogP) is 0.00170. The van der Waals surface area contributed by atoms with E-state index in [1.807, 2.05) is 0 Å². The van der Waals surface area contributed by atoms with Crippen molar-refractivity contribution in [2.45, 2.75) is 6.42 Å². The van der Waals surface area contributed by atoms with Crippen LogP contribution in [0.5, 0.6) is 0 Å². The highest BCUT2D eigenvalue weighted by molar-refractivity contribution is 6.04. The van der Waals surface area contributed by atoms with Crippen LogP contribution in [0.15, 0.2) is 29.1 Å². The van der Waals surface area contributed by atoms with Crippen LogP contribution in [0.2, 0.25) is 0 Å². The van der Waals surface area contributed by atoms with Gasteiger partial charge in [-0.05, 0) is 19.0 Å². The van der Waals surface area contributed by atoms with E-state index >= 15 is 0 Å². The van der Waals surface area contributed by atoms with Crippen LogP contribution in [-0.4, -0.2) is 29.2 Å². The molecule has 0 atom stereocenters. The van der Waals surface area contributed by atoms with Crippen LogP contribution < -0.4 is 16.6 Å². The van der Waals surface area contributed by atoms with Crippen molar-refractivity contribution in [3.63, 3.8) is 0 Å². The van der Waals surface area contributed by atoms with Gasteiger partial charge in [0.1, 0.15) is 0 Å². The van der Waals surface area contributed by atoms with E-state index in [4.69, 9.17) is 5.73 Å². The van der Waals surface area contributed by atoms with E-state index in [1.165, 1.54) is 0 Å². The van der Waals surface area contributed by atoms with E-state index in [0.29, 0.717) is 30.3 Å². The highest BCUT2D eigenvalue weighted by Gasteiger charge is 2.12. The molecule has 4 N–H and O–H groups in total. The van der Waals surface area contributed by atoms with Crippen LogP contribution in [0.3, 0.4) is 0 Å². The maximum Gasteiger partial charge on any atom is 0.272 e. The molecule has 0 radical (unpaired) electrons. The van der Waals surface area contributed by atoms with Gasteiger partial charge in [-0.3, -0.25) is 9.59 Å². The topological polar surface area (TPSA) is 101 Å². The number of amides is 1. The number of hydrogen-bond acceptors (Lipinski definition) is 4. The number of hydrogen-bond donors (Lipinski definition) is 3. The Morgan fingerprint density at radius 1 is 1.33 bits per heavy atom. The third-order valence-electron chi connectivity index (χ3n) is 2.58. The quantitative estimate of drug-likeness (QED) is 0.661. The number of carbonyl (C=O) groups excluding carboxylic acids is 1. The number of aromatic amines is 1. The van der Waals surface area contributed by atoms with Crippen molar-refractivity contribution < 1.29 is 4.79 Å². The van der Waals surface area contributed by atoms with Crippen LogP contribution in [0.1, 0.15) is 16.9 Å². The van der Waals surface area contributed by atoms with Crippen molar-refractivity contribution in [1.82, 2.24) is 15.5 Å². The Kier molecular flexibility index (Phi) is 3.69. The summed E-state index contributed by atoms with van der Waals surface area (Å²) in [4.78, 5) is 23.5. The van der Waals surface area contributed by atoms with Crippen molar-refractivity contribution in [2.24, 2.45) is 5.73 Å². The molecule has 2 aromatic rings. The van der Waals surface area contributed by atoms with E-state index < -0.39 is 0 Å². The Hall–Kier alpha value is -2.21. The van der Waals surface area contributed by atoms with Gasteiger partial charge in [0.15, 0.2) is 5.69 Å². The van der Waals surface area contributed by atoms with Crippen molar-refractivity contribution in [1.29, 1.82) is 0 Å². The summed E-state index contributed by atoms with van der Waals surface area (Å²) in [6.07, 6.45) is 0.701. The van der Waals surface area contributed by atoms with Gasteiger partial charge in [-0.25, -0.2) is 5.10 Å². The van der Waals surface area contributed by atoms with Gasteiger partial charge < -0.3 is 11.1 Å². The first-order valence-corrected chi connectivity index (χ1v) is 5.69. The highest BCUT2D eigenvalue weighted by Crippen LogP contribution is 2.11. The van der Waals surface area contributed by atoms with E-state index in [2.05, 4.69) is 15.5 Å². The minimum absolute atomic E-state index is 0.224. The summed E-state index contributed by atoms with van der Waals surface area (Å²) >= 11 is 0. The monoisotopic (exact) mass is 246 g/mol. The normalized spacial score (nSPS) is 10.5. The Morgan fingerprint density at radius 2 is 2.06 bits per heavy atom. The summed E-state index contributed by atoms with van der Waals surface area (Å²) in [5.74, 6) is -0.309. The lowest BCUT2D eigenvalue weighted by Gasteiger charge is -2.05. The zero-order valence-electron chi connectivity index (χ0n) is 9.77. The zero-order chi connectivity index (χ0) is 13.0. The molecular formula is C12H14N4O2. The molecule has 0 bridgehead atoms. The van der Waals surface area contributed by atoms with Gasteiger partial charge in [0.05, 0.1) is 5.39 Å². The van der Waals surface area contributed by atoms with Gasteiger partial charge in [0.25, 0.3) is 11.5 Å². The number of H-pyrrole nitrogens is 1. The van der Waals surface area contributed by atoms with Crippen LogP contribution in [-0.2, 0) is 0 Å². The van der Waals surface area contributed by atoms with Crippen LogP contribution in [0.25, 0.3) is 10.8 Å². The summed E-state index contributed by atoms with van der Waals surface area (Å²) in [6.45, 7) is 1.00. The molecule has 1 heterocycles. The van der Waals surface area contributed by atoms with Gasteiger partial charge in [-0.15, -0.1) is 0 Å². The summed E-state index contributed by atoms with van der Waals surface area (Å²) in [7, 11) is 0. The molecule has 6 heteroatoms. The Morgan fingerprint density at radius 3 is 2.78 bits per heavy atom. The first kappa shape index (κ1) is 12.3. The molecule has 0 unspecified atom stereocenters. The molecular weight excluding hydrogens is 232 g/mol. The maximum atomic E-state index is 11.9. The first-order chi connectivity index (χ1) is 8.74. The van der Waals surface area contributed by atoms with Gasteiger partial charge in [0, 0.05) is 11.9 Å². The second kappa shape index (κ2) is 5.42. The fourth-order valence-corrected chi connectivity index (χ4v) is 1.68. The molecule has 18 heavy (non-hydrogen) atoms. The molecule has 0 saturated heterocycles. The van der Waals surface area contributed by atoms with E-state index in [9.17, 15) is 9.59 Å². The van der Waals surface area contributed by atoms with Crippen LogP contribution in [0, 0.1) is 0 Å². The molecule has 2 rings (SSSR count).